The SMILES string of the molecule is CC1(C)C2=C(C(=O)c3ccc(CC4CCNCC4)cc31)c1ccc(C#N)cc1C2. The van der Waals surface area contributed by atoms with Gasteiger partial charge in [-0.15, -0.1) is 0 Å². The Morgan fingerprint density at radius 1 is 1.10 bits per heavy atom. The van der Waals surface area contributed by atoms with Crippen LogP contribution in [0.25, 0.3) is 5.57 Å². The van der Waals surface area contributed by atoms with Crippen molar-refractivity contribution in [3.8, 4) is 6.07 Å². The van der Waals surface area contributed by atoms with Crippen molar-refractivity contribution in [2.24, 2.45) is 5.92 Å². The standard InChI is InChI=1S/C26H26N2O/c1-26(2)22-13-17(11-16-7-9-28-10-8-16)3-6-21(22)25(29)24-20-5-4-18(15-27)12-19(20)14-23(24)26/h3-6,12-13,16,28H,7-11,14H2,1-2H3. The minimum atomic E-state index is -0.186. The van der Waals surface area contributed by atoms with Crippen LogP contribution >= 0.6 is 0 Å². The maximum absolute atomic E-state index is 13.5. The molecule has 0 atom stereocenters. The molecule has 29 heavy (non-hydrogen) atoms. The number of carbonyl (C=O) groups excluding carboxylic acids is 1. The first kappa shape index (κ1) is 18.3. The fourth-order valence-electron chi connectivity index (χ4n) is 5.44. The number of nitriles is 1. The summed E-state index contributed by atoms with van der Waals surface area (Å²) in [6, 6.07) is 14.5. The van der Waals surface area contributed by atoms with Gasteiger partial charge in [0.05, 0.1) is 11.6 Å². The van der Waals surface area contributed by atoms with Crippen LogP contribution in [0.1, 0.15) is 64.9 Å². The Bertz CT molecular complexity index is 1090. The highest BCUT2D eigenvalue weighted by atomic mass is 16.1. The van der Waals surface area contributed by atoms with E-state index in [4.69, 9.17) is 0 Å². The number of nitrogens with zero attached hydrogens (tertiary/aromatic N) is 1. The van der Waals surface area contributed by atoms with Gasteiger partial charge in [0, 0.05) is 16.6 Å². The van der Waals surface area contributed by atoms with Gasteiger partial charge in [-0.3, -0.25) is 4.79 Å². The molecule has 0 bridgehead atoms. The van der Waals surface area contributed by atoms with Crippen molar-refractivity contribution in [3.63, 3.8) is 0 Å². The van der Waals surface area contributed by atoms with E-state index in [2.05, 4.69) is 43.4 Å². The van der Waals surface area contributed by atoms with Gasteiger partial charge in [0.1, 0.15) is 0 Å². The van der Waals surface area contributed by atoms with Gasteiger partial charge in [-0.1, -0.05) is 38.1 Å². The largest absolute Gasteiger partial charge is 0.317 e. The van der Waals surface area contributed by atoms with Gasteiger partial charge in [-0.2, -0.15) is 5.26 Å². The molecule has 3 heteroatoms. The molecule has 0 spiro atoms. The van der Waals surface area contributed by atoms with Gasteiger partial charge in [0.15, 0.2) is 5.78 Å². The molecule has 2 aliphatic carbocycles. The summed E-state index contributed by atoms with van der Waals surface area (Å²) in [5.41, 5.74) is 8.04. The van der Waals surface area contributed by atoms with Crippen molar-refractivity contribution < 1.29 is 4.79 Å². The number of piperidine rings is 1. The highest BCUT2D eigenvalue weighted by molar-refractivity contribution is 6.33. The number of hydrogen-bond donors (Lipinski definition) is 1. The highest BCUT2D eigenvalue weighted by Crippen LogP contribution is 2.50. The van der Waals surface area contributed by atoms with E-state index in [9.17, 15) is 10.1 Å². The van der Waals surface area contributed by atoms with Crippen molar-refractivity contribution in [3.05, 3.63) is 75.4 Å². The van der Waals surface area contributed by atoms with Crippen molar-refractivity contribution >= 4 is 11.4 Å². The predicted molar refractivity (Wildman–Crippen MR) is 115 cm³/mol. The lowest BCUT2D eigenvalue weighted by Crippen LogP contribution is -2.30. The zero-order valence-corrected chi connectivity index (χ0v) is 17.1. The van der Waals surface area contributed by atoms with E-state index >= 15 is 0 Å². The number of Topliss-reactive ketones (excluding diaryl/α,β-unsaturated/α-hetero) is 1. The number of fused-ring (bicyclic) bond motifs is 3. The Balaban J connectivity index is 1.54. The molecule has 0 amide bonds. The van der Waals surface area contributed by atoms with Gasteiger partial charge in [-0.25, -0.2) is 0 Å². The van der Waals surface area contributed by atoms with Crippen LogP contribution in [0.4, 0.5) is 0 Å². The molecular formula is C26H26N2O. The molecule has 1 N–H and O–H groups in total. The van der Waals surface area contributed by atoms with Crippen molar-refractivity contribution in [2.45, 2.75) is 44.9 Å². The summed E-state index contributed by atoms with van der Waals surface area (Å²) in [6.45, 7) is 6.72. The van der Waals surface area contributed by atoms with E-state index < -0.39 is 0 Å². The van der Waals surface area contributed by atoms with Crippen LogP contribution in [0.3, 0.4) is 0 Å². The van der Waals surface area contributed by atoms with E-state index in [1.165, 1.54) is 29.5 Å². The molecule has 1 aliphatic heterocycles. The first-order valence-corrected chi connectivity index (χ1v) is 10.6. The third kappa shape index (κ3) is 2.86. The number of nitrogens with one attached hydrogen (secondary N) is 1. The summed E-state index contributed by atoms with van der Waals surface area (Å²) in [6.07, 6.45) is 4.31. The van der Waals surface area contributed by atoms with E-state index in [1.807, 2.05) is 18.2 Å². The number of carbonyl (C=O) groups is 1. The number of benzene rings is 2. The van der Waals surface area contributed by atoms with Crippen LogP contribution in [0, 0.1) is 17.2 Å². The van der Waals surface area contributed by atoms with Crippen molar-refractivity contribution in [1.29, 1.82) is 5.26 Å². The van der Waals surface area contributed by atoms with E-state index in [0.29, 0.717) is 5.56 Å². The van der Waals surface area contributed by atoms with Gasteiger partial charge in [0.2, 0.25) is 0 Å². The first-order valence-electron chi connectivity index (χ1n) is 10.6. The number of allylic oxidation sites excluding steroid dienone is 2. The molecule has 1 fully saturated rings. The fourth-order valence-corrected chi connectivity index (χ4v) is 5.44. The Morgan fingerprint density at radius 3 is 2.62 bits per heavy atom. The van der Waals surface area contributed by atoms with Gasteiger partial charge < -0.3 is 5.32 Å². The van der Waals surface area contributed by atoms with Crippen LogP contribution < -0.4 is 5.32 Å². The van der Waals surface area contributed by atoms with Crippen LogP contribution in [0.15, 0.2) is 42.0 Å². The summed E-state index contributed by atoms with van der Waals surface area (Å²) in [5, 5.41) is 12.7. The normalized spacial score (nSPS) is 20.1. The van der Waals surface area contributed by atoms with E-state index in [0.717, 1.165) is 54.1 Å². The average Bonchev–Trinajstić information content (AvgIpc) is 3.13. The summed E-state index contributed by atoms with van der Waals surface area (Å²) in [5.74, 6) is 0.873. The lowest BCUT2D eigenvalue weighted by atomic mass is 9.68. The summed E-state index contributed by atoms with van der Waals surface area (Å²) in [7, 11) is 0. The molecule has 2 aromatic rings. The zero-order valence-electron chi connectivity index (χ0n) is 17.1. The molecule has 146 valence electrons. The van der Waals surface area contributed by atoms with Crippen LogP contribution in [-0.4, -0.2) is 18.9 Å². The summed E-state index contributed by atoms with van der Waals surface area (Å²) >= 11 is 0. The van der Waals surface area contributed by atoms with Gasteiger partial charge in [0.25, 0.3) is 0 Å². The Hall–Kier alpha value is -2.70. The van der Waals surface area contributed by atoms with Crippen molar-refractivity contribution in [2.75, 3.05) is 13.1 Å². The summed E-state index contributed by atoms with van der Waals surface area (Å²) in [4.78, 5) is 13.5. The molecule has 3 aliphatic rings. The number of hydrogen-bond acceptors (Lipinski definition) is 3. The third-order valence-electron chi connectivity index (χ3n) is 7.14. The molecule has 0 aromatic heterocycles. The maximum Gasteiger partial charge on any atom is 0.193 e. The van der Waals surface area contributed by atoms with Gasteiger partial charge >= 0.3 is 0 Å². The van der Waals surface area contributed by atoms with Crippen LogP contribution in [0.5, 0.6) is 0 Å². The zero-order chi connectivity index (χ0) is 20.2. The molecule has 1 saturated heterocycles. The highest BCUT2D eigenvalue weighted by Gasteiger charge is 2.42. The second-order valence-corrected chi connectivity index (χ2v) is 9.25. The van der Waals surface area contributed by atoms with Crippen LogP contribution in [0.2, 0.25) is 0 Å². The lowest BCUT2D eigenvalue weighted by molar-refractivity contribution is 0.105. The monoisotopic (exact) mass is 382 g/mol. The quantitative estimate of drug-likeness (QED) is 0.827. The molecule has 5 rings (SSSR count). The first-order chi connectivity index (χ1) is 14.0. The molecule has 2 aromatic carbocycles. The Labute approximate surface area is 172 Å². The van der Waals surface area contributed by atoms with E-state index in [1.54, 1.807) is 0 Å². The maximum atomic E-state index is 13.5. The molecular weight excluding hydrogens is 356 g/mol. The van der Waals surface area contributed by atoms with Crippen LogP contribution in [-0.2, 0) is 18.3 Å². The lowest BCUT2D eigenvalue weighted by Gasteiger charge is -2.35. The number of rotatable bonds is 2. The van der Waals surface area contributed by atoms with E-state index in [-0.39, 0.29) is 11.2 Å². The molecule has 0 unspecified atom stereocenters. The predicted octanol–water partition coefficient (Wildman–Crippen LogP) is 4.58. The molecule has 0 radical (unpaired) electrons. The minimum absolute atomic E-state index is 0.145. The third-order valence-corrected chi connectivity index (χ3v) is 7.14. The summed E-state index contributed by atoms with van der Waals surface area (Å²) < 4.78 is 0. The second kappa shape index (κ2) is 6.68. The molecule has 3 nitrogen and oxygen atoms in total. The van der Waals surface area contributed by atoms with Crippen molar-refractivity contribution in [1.82, 2.24) is 5.32 Å². The molecule has 1 heterocycles. The number of ketones is 1. The minimum Gasteiger partial charge on any atom is -0.317 e. The molecule has 0 saturated carbocycles. The van der Waals surface area contributed by atoms with Gasteiger partial charge in [-0.05, 0) is 84.7 Å². The second-order valence-electron chi connectivity index (χ2n) is 9.25. The topological polar surface area (TPSA) is 52.9 Å². The Kier molecular flexibility index (Phi) is 4.22. The average molecular weight is 383 g/mol. The fraction of sp³-hybridized carbons (Fsp3) is 0.385. The Morgan fingerprint density at radius 2 is 1.86 bits per heavy atom. The smallest absolute Gasteiger partial charge is 0.193 e.